The number of anilines is 2. The molecular formula is C21H18BrFN2O3S. The van der Waals surface area contributed by atoms with Gasteiger partial charge in [0, 0.05) is 4.47 Å². The number of amides is 1. The van der Waals surface area contributed by atoms with Crippen LogP contribution in [0.2, 0.25) is 0 Å². The summed E-state index contributed by atoms with van der Waals surface area (Å²) in [6.45, 7) is 1.24. The minimum atomic E-state index is -4.17. The Morgan fingerprint density at radius 2 is 1.62 bits per heavy atom. The average molecular weight is 477 g/mol. The zero-order valence-electron chi connectivity index (χ0n) is 15.5. The lowest BCUT2D eigenvalue weighted by Crippen LogP contribution is -2.38. The van der Waals surface area contributed by atoms with Crippen molar-refractivity contribution in [2.45, 2.75) is 11.8 Å². The highest BCUT2D eigenvalue weighted by Crippen LogP contribution is 2.27. The first kappa shape index (κ1) is 21.0. The second kappa shape index (κ2) is 8.75. The molecule has 3 aromatic rings. The summed E-state index contributed by atoms with van der Waals surface area (Å²) in [5, 5.41) is 2.65. The second-order valence-electron chi connectivity index (χ2n) is 6.30. The van der Waals surface area contributed by atoms with Gasteiger partial charge in [0.2, 0.25) is 5.91 Å². The highest BCUT2D eigenvalue weighted by atomic mass is 79.9. The second-order valence-corrected chi connectivity index (χ2v) is 9.02. The van der Waals surface area contributed by atoms with Crippen LogP contribution in [0.5, 0.6) is 0 Å². The lowest BCUT2D eigenvalue weighted by molar-refractivity contribution is -0.114. The van der Waals surface area contributed by atoms with Gasteiger partial charge < -0.3 is 5.32 Å². The van der Waals surface area contributed by atoms with Crippen molar-refractivity contribution in [2.75, 3.05) is 16.2 Å². The van der Waals surface area contributed by atoms with Crippen molar-refractivity contribution in [3.05, 3.63) is 88.6 Å². The molecule has 0 bridgehead atoms. The van der Waals surface area contributed by atoms with Crippen LogP contribution in [0.4, 0.5) is 15.8 Å². The first-order valence-electron chi connectivity index (χ1n) is 8.67. The quantitative estimate of drug-likeness (QED) is 0.558. The van der Waals surface area contributed by atoms with E-state index in [2.05, 4.69) is 21.2 Å². The number of rotatable bonds is 6. The van der Waals surface area contributed by atoms with Crippen molar-refractivity contribution in [3.63, 3.8) is 0 Å². The van der Waals surface area contributed by atoms with Crippen LogP contribution < -0.4 is 9.62 Å². The van der Waals surface area contributed by atoms with Gasteiger partial charge in [0.05, 0.1) is 16.3 Å². The highest BCUT2D eigenvalue weighted by molar-refractivity contribution is 9.10. The van der Waals surface area contributed by atoms with Crippen molar-refractivity contribution in [1.29, 1.82) is 0 Å². The first-order valence-corrected chi connectivity index (χ1v) is 10.9. The number of para-hydroxylation sites is 2. The van der Waals surface area contributed by atoms with E-state index < -0.39 is 28.3 Å². The monoisotopic (exact) mass is 476 g/mol. The van der Waals surface area contributed by atoms with Gasteiger partial charge in [0.15, 0.2) is 0 Å². The maximum absolute atomic E-state index is 14.4. The number of halogens is 2. The Bertz CT molecular complexity index is 1130. The van der Waals surface area contributed by atoms with E-state index >= 15 is 0 Å². The number of hydrogen-bond acceptors (Lipinski definition) is 3. The number of aryl methyl sites for hydroxylation is 1. The van der Waals surface area contributed by atoms with Crippen LogP contribution in [0.1, 0.15) is 5.56 Å². The number of carbonyl (C=O) groups excluding carboxylic acids is 1. The SMILES string of the molecule is Cc1ccc(S(=O)(=O)N(CC(=O)Nc2ccccc2Br)c2ccccc2F)cc1. The molecular weight excluding hydrogens is 459 g/mol. The van der Waals surface area contributed by atoms with E-state index in [4.69, 9.17) is 0 Å². The number of nitrogens with one attached hydrogen (secondary N) is 1. The molecule has 0 atom stereocenters. The van der Waals surface area contributed by atoms with Gasteiger partial charge in [0.25, 0.3) is 10.0 Å². The maximum atomic E-state index is 14.4. The molecule has 1 N–H and O–H groups in total. The molecule has 0 aliphatic rings. The van der Waals surface area contributed by atoms with Gasteiger partial charge in [-0.2, -0.15) is 0 Å². The third-order valence-corrected chi connectivity index (χ3v) is 6.63. The molecule has 0 aliphatic carbocycles. The predicted octanol–water partition coefficient (Wildman–Crippen LogP) is 4.73. The summed E-state index contributed by atoms with van der Waals surface area (Å²) in [5.74, 6) is -1.34. The van der Waals surface area contributed by atoms with E-state index in [9.17, 15) is 17.6 Å². The summed E-state index contributed by atoms with van der Waals surface area (Å²) in [7, 11) is -4.17. The third kappa shape index (κ3) is 4.83. The zero-order valence-corrected chi connectivity index (χ0v) is 17.9. The molecule has 150 valence electrons. The van der Waals surface area contributed by atoms with Crippen LogP contribution in [0, 0.1) is 12.7 Å². The minimum Gasteiger partial charge on any atom is -0.323 e. The van der Waals surface area contributed by atoms with Gasteiger partial charge in [-0.25, -0.2) is 12.8 Å². The third-order valence-electron chi connectivity index (χ3n) is 4.17. The van der Waals surface area contributed by atoms with Gasteiger partial charge in [-0.1, -0.05) is 42.0 Å². The Labute approximate surface area is 177 Å². The fourth-order valence-electron chi connectivity index (χ4n) is 2.67. The van der Waals surface area contributed by atoms with Crippen LogP contribution in [0.25, 0.3) is 0 Å². The van der Waals surface area contributed by atoms with E-state index in [-0.39, 0.29) is 10.6 Å². The predicted molar refractivity (Wildman–Crippen MR) is 115 cm³/mol. The lowest BCUT2D eigenvalue weighted by atomic mass is 10.2. The molecule has 8 heteroatoms. The fourth-order valence-corrected chi connectivity index (χ4v) is 4.49. The molecule has 0 unspecified atom stereocenters. The molecule has 0 saturated heterocycles. The van der Waals surface area contributed by atoms with E-state index in [1.165, 1.54) is 30.3 Å². The van der Waals surface area contributed by atoms with E-state index in [1.54, 1.807) is 36.4 Å². The van der Waals surface area contributed by atoms with Gasteiger partial charge in [-0.15, -0.1) is 0 Å². The molecule has 0 spiro atoms. The van der Waals surface area contributed by atoms with Crippen molar-refractivity contribution in [2.24, 2.45) is 0 Å². The van der Waals surface area contributed by atoms with Crippen LogP contribution >= 0.6 is 15.9 Å². The van der Waals surface area contributed by atoms with Crippen molar-refractivity contribution in [1.82, 2.24) is 0 Å². The fraction of sp³-hybridized carbons (Fsp3) is 0.0952. The number of carbonyl (C=O) groups is 1. The highest BCUT2D eigenvalue weighted by Gasteiger charge is 2.29. The Hall–Kier alpha value is -2.71. The van der Waals surface area contributed by atoms with Gasteiger partial charge in [-0.3, -0.25) is 9.10 Å². The summed E-state index contributed by atoms with van der Waals surface area (Å²) in [5.41, 5.74) is 1.17. The van der Waals surface area contributed by atoms with E-state index in [0.717, 1.165) is 15.9 Å². The smallest absolute Gasteiger partial charge is 0.264 e. The van der Waals surface area contributed by atoms with Crippen molar-refractivity contribution >= 4 is 43.2 Å². The summed E-state index contributed by atoms with van der Waals surface area (Å²) < 4.78 is 42.3. The molecule has 0 radical (unpaired) electrons. The van der Waals surface area contributed by atoms with Crippen LogP contribution in [-0.4, -0.2) is 20.9 Å². The first-order chi connectivity index (χ1) is 13.8. The molecule has 5 nitrogen and oxygen atoms in total. The Morgan fingerprint density at radius 3 is 2.28 bits per heavy atom. The molecule has 0 aliphatic heterocycles. The number of hydrogen-bond donors (Lipinski definition) is 1. The van der Waals surface area contributed by atoms with Crippen LogP contribution in [-0.2, 0) is 14.8 Å². The molecule has 0 fully saturated rings. The topological polar surface area (TPSA) is 66.5 Å². The molecule has 0 heterocycles. The summed E-state index contributed by atoms with van der Waals surface area (Å²) in [6, 6.07) is 18.5. The Kier molecular flexibility index (Phi) is 6.34. The molecule has 0 aromatic heterocycles. The van der Waals surface area contributed by atoms with Crippen LogP contribution in [0.15, 0.2) is 82.2 Å². The number of sulfonamides is 1. The molecule has 0 saturated carbocycles. The molecule has 3 rings (SSSR count). The standard InChI is InChI=1S/C21H18BrFN2O3S/c1-15-10-12-16(13-11-15)29(27,28)25(20-9-5-3-7-18(20)23)14-21(26)24-19-8-4-2-6-17(19)22/h2-13H,14H2,1H3,(H,24,26). The van der Waals surface area contributed by atoms with Crippen LogP contribution in [0.3, 0.4) is 0 Å². The Morgan fingerprint density at radius 1 is 1.00 bits per heavy atom. The number of nitrogens with zero attached hydrogens (tertiary/aromatic N) is 1. The Balaban J connectivity index is 1.98. The largest absolute Gasteiger partial charge is 0.323 e. The normalized spacial score (nSPS) is 11.1. The zero-order chi connectivity index (χ0) is 21.0. The molecule has 1 amide bonds. The van der Waals surface area contributed by atoms with Crippen molar-refractivity contribution in [3.8, 4) is 0 Å². The minimum absolute atomic E-state index is 0.0277. The van der Waals surface area contributed by atoms with Gasteiger partial charge in [0.1, 0.15) is 12.4 Å². The van der Waals surface area contributed by atoms with Gasteiger partial charge in [-0.05, 0) is 59.3 Å². The average Bonchev–Trinajstić information content (AvgIpc) is 2.69. The summed E-state index contributed by atoms with van der Waals surface area (Å²) in [6.07, 6.45) is 0. The van der Waals surface area contributed by atoms with Gasteiger partial charge >= 0.3 is 0 Å². The van der Waals surface area contributed by atoms with Crippen molar-refractivity contribution < 1.29 is 17.6 Å². The summed E-state index contributed by atoms with van der Waals surface area (Å²) >= 11 is 3.32. The van der Waals surface area contributed by atoms with E-state index in [1.807, 2.05) is 6.92 Å². The summed E-state index contributed by atoms with van der Waals surface area (Å²) in [4.78, 5) is 12.6. The molecule has 29 heavy (non-hydrogen) atoms. The maximum Gasteiger partial charge on any atom is 0.264 e. The molecule has 3 aromatic carbocycles. The lowest BCUT2D eigenvalue weighted by Gasteiger charge is -2.24. The van der Waals surface area contributed by atoms with E-state index in [0.29, 0.717) is 10.2 Å². The number of benzene rings is 3.